The first kappa shape index (κ1) is 21.4. The van der Waals surface area contributed by atoms with Crippen LogP contribution in [-0.2, 0) is 17.5 Å². The van der Waals surface area contributed by atoms with Gasteiger partial charge in [-0.15, -0.1) is 16.8 Å². The van der Waals surface area contributed by atoms with Crippen LogP contribution in [-0.4, -0.2) is 31.5 Å². The fourth-order valence-electron chi connectivity index (χ4n) is 2.65. The van der Waals surface area contributed by atoms with Crippen LogP contribution in [0.3, 0.4) is 0 Å². The fraction of sp³-hybridized carbons (Fsp3) is 0.150. The summed E-state index contributed by atoms with van der Waals surface area (Å²) in [6.45, 7) is 4.04. The Kier molecular flexibility index (Phi) is 6.46. The molecule has 1 heterocycles. The highest BCUT2D eigenvalue weighted by Gasteiger charge is 2.30. The monoisotopic (exact) mass is 434 g/mol. The van der Waals surface area contributed by atoms with E-state index in [4.69, 9.17) is 0 Å². The normalized spacial score (nSPS) is 11.3. The van der Waals surface area contributed by atoms with Gasteiger partial charge in [-0.3, -0.25) is 9.36 Å². The van der Waals surface area contributed by atoms with Gasteiger partial charge >= 0.3 is 6.18 Å². The topological polar surface area (TPSA) is 80.0 Å². The summed E-state index contributed by atoms with van der Waals surface area (Å²) >= 11 is 1.07. The molecule has 0 bridgehead atoms. The molecule has 1 aromatic heterocycles. The van der Waals surface area contributed by atoms with Gasteiger partial charge in [0.1, 0.15) is 5.75 Å². The van der Waals surface area contributed by atoms with Crippen molar-refractivity contribution in [1.82, 2.24) is 14.8 Å². The Bertz CT molecular complexity index is 1070. The lowest BCUT2D eigenvalue weighted by atomic mass is 10.2. The van der Waals surface area contributed by atoms with E-state index in [0.29, 0.717) is 23.1 Å². The quantitative estimate of drug-likeness (QED) is 0.420. The maximum atomic E-state index is 12.8. The van der Waals surface area contributed by atoms with Gasteiger partial charge in [-0.1, -0.05) is 36.0 Å². The summed E-state index contributed by atoms with van der Waals surface area (Å²) in [6.07, 6.45) is -2.87. The number of allylic oxidation sites excluding steroid dienone is 1. The molecule has 1 amide bonds. The predicted octanol–water partition coefficient (Wildman–Crippen LogP) is 4.59. The average Bonchev–Trinajstić information content (AvgIpc) is 3.09. The summed E-state index contributed by atoms with van der Waals surface area (Å²) < 4.78 is 40.1. The van der Waals surface area contributed by atoms with Crippen LogP contribution in [0.5, 0.6) is 5.75 Å². The SMILES string of the molecule is C=CCn1c(SCC(=O)Nc2cccc(C(F)(F)F)c2)nnc1-c1ccccc1O. The van der Waals surface area contributed by atoms with E-state index in [9.17, 15) is 23.1 Å². The van der Waals surface area contributed by atoms with Crippen molar-refractivity contribution in [3.05, 3.63) is 66.7 Å². The van der Waals surface area contributed by atoms with Crippen LogP contribution in [0, 0.1) is 0 Å². The first-order chi connectivity index (χ1) is 14.3. The largest absolute Gasteiger partial charge is 0.507 e. The second-order valence-corrected chi connectivity index (χ2v) is 7.08. The molecule has 3 aromatic rings. The van der Waals surface area contributed by atoms with Crippen molar-refractivity contribution in [2.45, 2.75) is 17.9 Å². The number of hydrogen-bond donors (Lipinski definition) is 2. The first-order valence-electron chi connectivity index (χ1n) is 8.72. The average molecular weight is 434 g/mol. The number of aromatic hydroxyl groups is 1. The highest BCUT2D eigenvalue weighted by atomic mass is 32.2. The van der Waals surface area contributed by atoms with Gasteiger partial charge in [0.2, 0.25) is 5.91 Å². The summed E-state index contributed by atoms with van der Waals surface area (Å²) in [4.78, 5) is 12.2. The van der Waals surface area contributed by atoms with Crippen LogP contribution in [0.25, 0.3) is 11.4 Å². The third-order valence-corrected chi connectivity index (χ3v) is 4.95. The lowest BCUT2D eigenvalue weighted by molar-refractivity contribution is -0.137. The molecule has 0 radical (unpaired) electrons. The van der Waals surface area contributed by atoms with Gasteiger partial charge < -0.3 is 10.4 Å². The molecule has 2 N–H and O–H groups in total. The maximum Gasteiger partial charge on any atom is 0.416 e. The van der Waals surface area contributed by atoms with Crippen molar-refractivity contribution in [3.63, 3.8) is 0 Å². The van der Waals surface area contributed by atoms with Gasteiger partial charge in [-0.05, 0) is 30.3 Å². The number of aromatic nitrogens is 3. The standard InChI is InChI=1S/C20H17F3N4O2S/c1-2-10-27-18(15-8-3-4-9-16(15)28)25-26-19(27)30-12-17(29)24-14-7-5-6-13(11-14)20(21,22)23/h2-9,11,28H,1,10,12H2,(H,24,29). The molecule has 0 unspecified atom stereocenters. The molecule has 10 heteroatoms. The molecule has 0 saturated heterocycles. The molecular formula is C20H17F3N4O2S. The van der Waals surface area contributed by atoms with Crippen LogP contribution in [0.2, 0.25) is 0 Å². The van der Waals surface area contributed by atoms with E-state index >= 15 is 0 Å². The number of carbonyl (C=O) groups is 1. The number of para-hydroxylation sites is 1. The van der Waals surface area contributed by atoms with Gasteiger partial charge in [0.05, 0.1) is 16.9 Å². The van der Waals surface area contributed by atoms with Crippen molar-refractivity contribution in [2.75, 3.05) is 11.1 Å². The zero-order chi connectivity index (χ0) is 21.7. The number of nitrogens with zero attached hydrogens (tertiary/aromatic N) is 3. The Hall–Kier alpha value is -3.27. The molecule has 2 aromatic carbocycles. The second-order valence-electron chi connectivity index (χ2n) is 6.14. The number of nitrogens with one attached hydrogen (secondary N) is 1. The zero-order valence-corrected chi connectivity index (χ0v) is 16.4. The number of phenolic OH excluding ortho intramolecular Hbond substituents is 1. The number of rotatable bonds is 7. The van der Waals surface area contributed by atoms with Crippen molar-refractivity contribution < 1.29 is 23.1 Å². The van der Waals surface area contributed by atoms with E-state index in [1.807, 2.05) is 0 Å². The molecule has 0 aliphatic carbocycles. The molecule has 0 saturated carbocycles. The van der Waals surface area contributed by atoms with Crippen LogP contribution < -0.4 is 5.32 Å². The van der Waals surface area contributed by atoms with Gasteiger partial charge in [-0.25, -0.2) is 0 Å². The molecule has 3 rings (SSSR count). The summed E-state index contributed by atoms with van der Waals surface area (Å²) in [6, 6.07) is 11.1. The lowest BCUT2D eigenvalue weighted by Gasteiger charge is -2.10. The number of carbonyl (C=O) groups excluding carboxylic acids is 1. The van der Waals surface area contributed by atoms with Crippen molar-refractivity contribution in [3.8, 4) is 17.1 Å². The number of thioether (sulfide) groups is 1. The Balaban J connectivity index is 1.72. The van der Waals surface area contributed by atoms with E-state index in [1.165, 1.54) is 18.2 Å². The summed E-state index contributed by atoms with van der Waals surface area (Å²) in [5.74, 6) is -0.133. The number of phenols is 1. The third kappa shape index (κ3) is 5.01. The van der Waals surface area contributed by atoms with Crippen LogP contribution >= 0.6 is 11.8 Å². The lowest BCUT2D eigenvalue weighted by Crippen LogP contribution is -2.15. The van der Waals surface area contributed by atoms with Crippen molar-refractivity contribution in [1.29, 1.82) is 0 Å². The predicted molar refractivity (Wildman–Crippen MR) is 108 cm³/mol. The van der Waals surface area contributed by atoms with Crippen molar-refractivity contribution in [2.24, 2.45) is 0 Å². The van der Waals surface area contributed by atoms with Gasteiger partial charge in [0.15, 0.2) is 11.0 Å². The second kappa shape index (κ2) is 9.04. The number of benzene rings is 2. The molecule has 6 nitrogen and oxygen atoms in total. The molecule has 156 valence electrons. The number of anilines is 1. The van der Waals surface area contributed by atoms with E-state index < -0.39 is 17.6 Å². The third-order valence-electron chi connectivity index (χ3n) is 3.98. The molecule has 0 atom stereocenters. The summed E-state index contributed by atoms with van der Waals surface area (Å²) in [5.41, 5.74) is -0.309. The van der Waals surface area contributed by atoms with Gasteiger partial charge in [0, 0.05) is 12.2 Å². The minimum Gasteiger partial charge on any atom is -0.507 e. The Labute approximate surface area is 174 Å². The minimum atomic E-state index is -4.49. The van der Waals surface area contributed by atoms with E-state index in [2.05, 4.69) is 22.1 Å². The Morgan fingerprint density at radius 2 is 1.97 bits per heavy atom. The fourth-order valence-corrected chi connectivity index (χ4v) is 3.40. The van der Waals surface area contributed by atoms with Crippen molar-refractivity contribution >= 4 is 23.4 Å². The number of amides is 1. The Morgan fingerprint density at radius 3 is 2.67 bits per heavy atom. The molecule has 0 spiro atoms. The number of alkyl halides is 3. The van der Waals surface area contributed by atoms with E-state index in [1.54, 1.807) is 28.8 Å². The zero-order valence-electron chi connectivity index (χ0n) is 15.6. The summed E-state index contributed by atoms with van der Waals surface area (Å²) in [7, 11) is 0. The number of halogens is 3. The van der Waals surface area contributed by atoms with Crippen LogP contribution in [0.1, 0.15) is 5.56 Å². The van der Waals surface area contributed by atoms with Gasteiger partial charge in [-0.2, -0.15) is 13.2 Å². The smallest absolute Gasteiger partial charge is 0.416 e. The van der Waals surface area contributed by atoms with Gasteiger partial charge in [0.25, 0.3) is 0 Å². The van der Waals surface area contributed by atoms with E-state index in [0.717, 1.165) is 23.9 Å². The minimum absolute atomic E-state index is 0.0362. The highest BCUT2D eigenvalue weighted by Crippen LogP contribution is 2.31. The number of hydrogen-bond acceptors (Lipinski definition) is 5. The highest BCUT2D eigenvalue weighted by molar-refractivity contribution is 7.99. The molecule has 30 heavy (non-hydrogen) atoms. The Morgan fingerprint density at radius 1 is 1.20 bits per heavy atom. The summed E-state index contributed by atoms with van der Waals surface area (Å²) in [5, 5.41) is 21.1. The maximum absolute atomic E-state index is 12.8. The first-order valence-corrected chi connectivity index (χ1v) is 9.70. The van der Waals surface area contributed by atoms with E-state index in [-0.39, 0.29) is 17.2 Å². The van der Waals surface area contributed by atoms with Crippen LogP contribution in [0.15, 0.2) is 66.3 Å². The molecule has 0 aliphatic rings. The molecular weight excluding hydrogens is 417 g/mol. The van der Waals surface area contributed by atoms with Crippen LogP contribution in [0.4, 0.5) is 18.9 Å². The molecule has 0 aliphatic heterocycles. The molecule has 0 fully saturated rings.